The van der Waals surface area contributed by atoms with Crippen LogP contribution in [0.15, 0.2) is 80.1 Å². The van der Waals surface area contributed by atoms with E-state index in [0.29, 0.717) is 0 Å². The van der Waals surface area contributed by atoms with Gasteiger partial charge in [-0.15, -0.1) is 11.3 Å². The third-order valence-corrected chi connectivity index (χ3v) is 6.74. The molecule has 5 aromatic heterocycles. The lowest BCUT2D eigenvalue weighted by Gasteiger charge is -2.02. The second-order valence-corrected chi connectivity index (χ2v) is 8.84. The third-order valence-electron chi connectivity index (χ3n) is 5.49. The number of nitrogens with one attached hydrogen (secondary N) is 2. The monoisotopic (exact) mass is 449 g/mol. The number of nitrogens with zero attached hydrogens (tertiary/aromatic N) is 3. The van der Waals surface area contributed by atoms with Gasteiger partial charge in [0.25, 0.3) is 0 Å². The van der Waals surface area contributed by atoms with Gasteiger partial charge in [0.05, 0.1) is 27.5 Å². The average Bonchev–Trinajstić information content (AvgIpc) is 3.56. The SMILES string of the molecule is C=C/C=C\C(=C/C)c1ccc2[nH]nc(-c3cc4c(-c5ccc(C(=C)C)s5)nccc4[nH]3)c2n1. The smallest absolute Gasteiger partial charge is 0.135 e. The van der Waals surface area contributed by atoms with E-state index < -0.39 is 0 Å². The maximum Gasteiger partial charge on any atom is 0.135 e. The standard InChI is InChI=1S/C27H23N5S/c1-5-7-8-17(6-2)19-9-10-21-26(30-19)27(32-31-21)22-15-18-20(29-22)13-14-28-25(18)24-12-11-23(33-24)16(3)4/h5-15,29H,1,3H2,2,4H3,(H,31,32)/b8-7-,17-6+. The van der Waals surface area contributed by atoms with Gasteiger partial charge in [-0.25, -0.2) is 4.98 Å². The summed E-state index contributed by atoms with van der Waals surface area (Å²) in [6.07, 6.45) is 9.54. The van der Waals surface area contributed by atoms with Crippen molar-refractivity contribution in [2.24, 2.45) is 0 Å². The summed E-state index contributed by atoms with van der Waals surface area (Å²) < 4.78 is 0. The Morgan fingerprint density at radius 1 is 1.09 bits per heavy atom. The molecule has 5 heterocycles. The predicted octanol–water partition coefficient (Wildman–Crippen LogP) is 7.41. The molecule has 0 atom stereocenters. The average molecular weight is 450 g/mol. The van der Waals surface area contributed by atoms with E-state index in [2.05, 4.69) is 51.5 Å². The highest BCUT2D eigenvalue weighted by atomic mass is 32.1. The van der Waals surface area contributed by atoms with Gasteiger partial charge < -0.3 is 4.98 Å². The summed E-state index contributed by atoms with van der Waals surface area (Å²) in [5.41, 5.74) is 8.32. The number of H-pyrrole nitrogens is 2. The van der Waals surface area contributed by atoms with E-state index in [1.165, 1.54) is 4.88 Å². The second kappa shape index (κ2) is 8.48. The van der Waals surface area contributed by atoms with Gasteiger partial charge in [-0.1, -0.05) is 37.5 Å². The Balaban J connectivity index is 1.63. The molecule has 33 heavy (non-hydrogen) atoms. The van der Waals surface area contributed by atoms with E-state index in [-0.39, 0.29) is 0 Å². The van der Waals surface area contributed by atoms with E-state index in [1.54, 1.807) is 17.4 Å². The maximum absolute atomic E-state index is 4.92. The lowest BCUT2D eigenvalue weighted by molar-refractivity contribution is 1.12. The molecule has 0 aliphatic rings. The van der Waals surface area contributed by atoms with Gasteiger partial charge in [-0.2, -0.15) is 5.10 Å². The van der Waals surface area contributed by atoms with Crippen molar-refractivity contribution < 1.29 is 0 Å². The molecule has 0 radical (unpaired) electrons. The molecule has 162 valence electrons. The first kappa shape index (κ1) is 20.8. The van der Waals surface area contributed by atoms with Crippen LogP contribution in [0.25, 0.3) is 55.0 Å². The fourth-order valence-corrected chi connectivity index (χ4v) is 4.76. The Morgan fingerprint density at radius 3 is 2.73 bits per heavy atom. The van der Waals surface area contributed by atoms with Crippen LogP contribution in [0.2, 0.25) is 0 Å². The first-order valence-corrected chi connectivity index (χ1v) is 11.5. The number of aromatic nitrogens is 5. The minimum Gasteiger partial charge on any atom is -0.353 e. The number of hydrogen-bond donors (Lipinski definition) is 2. The fourth-order valence-electron chi connectivity index (χ4n) is 3.82. The molecule has 0 amide bonds. The van der Waals surface area contributed by atoms with Crippen LogP contribution in [0, 0.1) is 0 Å². The highest BCUT2D eigenvalue weighted by Gasteiger charge is 2.16. The van der Waals surface area contributed by atoms with Crippen molar-refractivity contribution in [1.82, 2.24) is 25.1 Å². The molecule has 0 bridgehead atoms. The molecular formula is C27H23N5S. The summed E-state index contributed by atoms with van der Waals surface area (Å²) in [6.45, 7) is 11.8. The van der Waals surface area contributed by atoms with E-state index in [0.717, 1.165) is 60.7 Å². The molecule has 0 aromatic carbocycles. The summed E-state index contributed by atoms with van der Waals surface area (Å²) in [5.74, 6) is 0. The summed E-state index contributed by atoms with van der Waals surface area (Å²) in [5, 5.41) is 8.74. The van der Waals surface area contributed by atoms with Crippen molar-refractivity contribution in [3.05, 3.63) is 90.6 Å². The Hall–Kier alpha value is -4.03. The van der Waals surface area contributed by atoms with E-state index in [1.807, 2.05) is 56.5 Å². The van der Waals surface area contributed by atoms with Crippen molar-refractivity contribution in [1.29, 1.82) is 0 Å². The normalized spacial score (nSPS) is 12.2. The van der Waals surface area contributed by atoms with Crippen LogP contribution >= 0.6 is 11.3 Å². The topological polar surface area (TPSA) is 70.2 Å². The third kappa shape index (κ3) is 3.75. The summed E-state index contributed by atoms with van der Waals surface area (Å²) in [4.78, 5) is 15.4. The van der Waals surface area contributed by atoms with Crippen LogP contribution in [-0.4, -0.2) is 25.1 Å². The van der Waals surface area contributed by atoms with Crippen LogP contribution in [0.4, 0.5) is 0 Å². The van der Waals surface area contributed by atoms with Crippen molar-refractivity contribution >= 4 is 44.4 Å². The number of aromatic amines is 2. The molecule has 0 aliphatic heterocycles. The molecule has 0 saturated carbocycles. The first-order chi connectivity index (χ1) is 16.1. The van der Waals surface area contributed by atoms with Gasteiger partial charge in [0, 0.05) is 22.0 Å². The number of fused-ring (bicyclic) bond motifs is 2. The van der Waals surface area contributed by atoms with Crippen molar-refractivity contribution in [2.75, 3.05) is 0 Å². The molecule has 5 rings (SSSR count). The zero-order chi connectivity index (χ0) is 22.9. The van der Waals surface area contributed by atoms with Gasteiger partial charge in [0.1, 0.15) is 11.2 Å². The highest BCUT2D eigenvalue weighted by molar-refractivity contribution is 7.16. The van der Waals surface area contributed by atoms with Gasteiger partial charge >= 0.3 is 0 Å². The number of allylic oxidation sites excluding steroid dienone is 6. The molecule has 5 aromatic rings. The molecule has 0 aliphatic carbocycles. The van der Waals surface area contributed by atoms with Crippen LogP contribution in [0.3, 0.4) is 0 Å². The molecule has 0 unspecified atom stereocenters. The lowest BCUT2D eigenvalue weighted by atomic mass is 10.1. The molecule has 0 fully saturated rings. The van der Waals surface area contributed by atoms with E-state index >= 15 is 0 Å². The van der Waals surface area contributed by atoms with Gasteiger partial charge in [-0.05, 0) is 61.4 Å². The Kier molecular flexibility index (Phi) is 5.36. The second-order valence-electron chi connectivity index (χ2n) is 7.75. The Labute approximate surface area is 195 Å². The summed E-state index contributed by atoms with van der Waals surface area (Å²) >= 11 is 1.70. The fraction of sp³-hybridized carbons (Fsp3) is 0.0741. The van der Waals surface area contributed by atoms with Crippen molar-refractivity contribution in [3.8, 4) is 22.0 Å². The molecule has 0 spiro atoms. The van der Waals surface area contributed by atoms with Crippen molar-refractivity contribution in [3.63, 3.8) is 0 Å². The lowest BCUT2D eigenvalue weighted by Crippen LogP contribution is -1.88. The molecular weight excluding hydrogens is 426 g/mol. The minimum absolute atomic E-state index is 0.783. The molecule has 6 heteroatoms. The Morgan fingerprint density at radius 2 is 1.97 bits per heavy atom. The van der Waals surface area contributed by atoms with Crippen LogP contribution in [-0.2, 0) is 0 Å². The molecule has 2 N–H and O–H groups in total. The number of thiophene rings is 1. The quantitative estimate of drug-likeness (QED) is 0.265. The van der Waals surface area contributed by atoms with Gasteiger partial charge in [0.2, 0.25) is 0 Å². The number of hydrogen-bond acceptors (Lipinski definition) is 4. The van der Waals surface area contributed by atoms with Crippen LogP contribution in [0.5, 0.6) is 0 Å². The molecule has 5 nitrogen and oxygen atoms in total. The summed E-state index contributed by atoms with van der Waals surface area (Å²) in [7, 11) is 0. The Bertz CT molecular complexity index is 1570. The van der Waals surface area contributed by atoms with Gasteiger partial charge in [0.15, 0.2) is 0 Å². The largest absolute Gasteiger partial charge is 0.353 e. The molecule has 0 saturated heterocycles. The summed E-state index contributed by atoms with van der Waals surface area (Å²) in [6, 6.07) is 12.3. The van der Waals surface area contributed by atoms with E-state index in [4.69, 9.17) is 4.98 Å². The highest BCUT2D eigenvalue weighted by Crippen LogP contribution is 2.36. The van der Waals surface area contributed by atoms with Crippen molar-refractivity contribution in [2.45, 2.75) is 13.8 Å². The first-order valence-electron chi connectivity index (χ1n) is 10.6. The predicted molar refractivity (Wildman–Crippen MR) is 140 cm³/mol. The van der Waals surface area contributed by atoms with Crippen LogP contribution < -0.4 is 0 Å². The number of pyridine rings is 2. The van der Waals surface area contributed by atoms with Gasteiger partial charge in [-0.3, -0.25) is 10.1 Å². The number of rotatable bonds is 6. The minimum atomic E-state index is 0.783. The van der Waals surface area contributed by atoms with E-state index in [9.17, 15) is 0 Å². The zero-order valence-electron chi connectivity index (χ0n) is 18.5. The zero-order valence-corrected chi connectivity index (χ0v) is 19.3. The maximum atomic E-state index is 4.92. The van der Waals surface area contributed by atoms with Crippen LogP contribution in [0.1, 0.15) is 24.4 Å².